The molecule has 4 aliphatic heterocycles. The number of aromatic nitrogens is 1. The first-order valence-corrected chi connectivity index (χ1v) is 20.2. The lowest BCUT2D eigenvalue weighted by Gasteiger charge is -2.32. The summed E-state index contributed by atoms with van der Waals surface area (Å²) in [5.41, 5.74) is 10.3. The van der Waals surface area contributed by atoms with Gasteiger partial charge in [-0.3, -0.25) is 23.7 Å². The molecule has 0 spiro atoms. The summed E-state index contributed by atoms with van der Waals surface area (Å²) in [5, 5.41) is 2.86. The van der Waals surface area contributed by atoms with E-state index >= 15 is 4.39 Å². The number of halogens is 1. The van der Waals surface area contributed by atoms with Crippen molar-refractivity contribution in [2.24, 2.45) is 16.8 Å². The Kier molecular flexibility index (Phi) is 15.7. The topological polar surface area (TPSA) is 253 Å². The molecule has 0 radical (unpaired) electrons. The molecule has 3 aromatic rings. The first-order valence-electron chi connectivity index (χ1n) is 18.9. The number of carbonyl (C=O) groups excluding carboxylic acids is 2. The number of anilines is 2. The normalized spacial score (nSPS) is 19.4. The summed E-state index contributed by atoms with van der Waals surface area (Å²) in [5.74, 6) is 0.323. The quantitative estimate of drug-likeness (QED) is 0.198. The van der Waals surface area contributed by atoms with Crippen molar-refractivity contribution in [3.8, 4) is 33.8 Å². The molecule has 4 aliphatic rings. The Balaban J connectivity index is 0.00000107. The summed E-state index contributed by atoms with van der Waals surface area (Å²) in [6.07, 6.45) is 10.2. The smallest absolute Gasteiger partial charge is 0.394 e. The lowest BCUT2D eigenvalue weighted by molar-refractivity contribution is -0.116. The van der Waals surface area contributed by atoms with Crippen molar-refractivity contribution < 1.29 is 60.7 Å². The van der Waals surface area contributed by atoms with Crippen LogP contribution in [0.1, 0.15) is 19.8 Å². The van der Waals surface area contributed by atoms with Crippen molar-refractivity contribution in [3.05, 3.63) is 89.7 Å². The lowest BCUT2D eigenvalue weighted by Crippen LogP contribution is -2.34. The molecule has 19 heteroatoms. The number of nitrogen functional groups attached to an aromatic ring is 1. The molecule has 5 heterocycles. The number of nitrogens with two attached hydrogens (primary N) is 1. The predicted octanol–water partition coefficient (Wildman–Crippen LogP) is 4.13. The van der Waals surface area contributed by atoms with E-state index in [2.05, 4.69) is 20.2 Å². The van der Waals surface area contributed by atoms with Gasteiger partial charge in [0, 0.05) is 84.5 Å². The van der Waals surface area contributed by atoms with Crippen LogP contribution in [0.3, 0.4) is 0 Å². The summed E-state index contributed by atoms with van der Waals surface area (Å²) in [7, 11) is -3.11. The van der Waals surface area contributed by atoms with Gasteiger partial charge in [0.2, 0.25) is 0 Å². The maximum absolute atomic E-state index is 15.9. The second-order valence-corrected chi connectivity index (χ2v) is 15.1. The largest absolute Gasteiger partial charge is 0.493 e. The molecule has 0 saturated carbocycles. The van der Waals surface area contributed by atoms with Crippen molar-refractivity contribution in [3.63, 3.8) is 0 Å². The number of nitrogens with one attached hydrogen (secondary N) is 1. The fourth-order valence-electron chi connectivity index (χ4n) is 6.77. The maximum Gasteiger partial charge on any atom is 0.394 e. The fourth-order valence-corrected chi connectivity index (χ4v) is 6.77. The molecule has 7 N–H and O–H groups in total. The Bertz CT molecular complexity index is 2260. The SMILES string of the molecule is COc1cc(-c2cnc(N)c(-c3ccc(NC(=O)C4=CC(C5=CC(=O)C(C)C=N5)=CN(CC5CCOCC5)C4)cc3F)c2)ccc1OC[C@H]1COCCO1.O.O=S(=O)(O)O. The highest BCUT2D eigenvalue weighted by molar-refractivity contribution is 7.79. The summed E-state index contributed by atoms with van der Waals surface area (Å²) in [6.45, 7) is 6.18. The van der Waals surface area contributed by atoms with Crippen LogP contribution in [0.4, 0.5) is 15.9 Å². The number of amides is 1. The predicted molar refractivity (Wildman–Crippen MR) is 221 cm³/mol. The Hall–Kier alpha value is -5.54. The first kappa shape index (κ1) is 45.5. The van der Waals surface area contributed by atoms with E-state index < -0.39 is 16.2 Å². The Labute approximate surface area is 346 Å². The minimum atomic E-state index is -4.67. The van der Waals surface area contributed by atoms with Crippen molar-refractivity contribution >= 4 is 39.8 Å². The number of ketones is 1. The van der Waals surface area contributed by atoms with Gasteiger partial charge in [0.1, 0.15) is 24.3 Å². The second kappa shape index (κ2) is 20.6. The molecule has 0 aliphatic carbocycles. The van der Waals surface area contributed by atoms with Gasteiger partial charge in [0.25, 0.3) is 5.91 Å². The van der Waals surface area contributed by atoms with E-state index in [0.29, 0.717) is 91.6 Å². The van der Waals surface area contributed by atoms with Crippen LogP contribution >= 0.6 is 0 Å². The number of benzene rings is 2. The zero-order valence-electron chi connectivity index (χ0n) is 33.0. The van der Waals surface area contributed by atoms with Gasteiger partial charge >= 0.3 is 10.4 Å². The van der Waals surface area contributed by atoms with Crippen LogP contribution in [0.15, 0.2) is 88.8 Å². The highest BCUT2D eigenvalue weighted by Gasteiger charge is 2.26. The van der Waals surface area contributed by atoms with Crippen LogP contribution in [-0.2, 0) is 34.2 Å². The van der Waals surface area contributed by atoms with E-state index in [4.69, 9.17) is 46.9 Å². The molecular weight excluding hydrogens is 806 g/mol. The molecule has 322 valence electrons. The number of rotatable bonds is 11. The average Bonchev–Trinajstić information content (AvgIpc) is 3.21. The number of carbonyl (C=O) groups is 2. The first-order chi connectivity index (χ1) is 28.2. The number of hydrogen-bond acceptors (Lipinski definition) is 13. The third-order valence-electron chi connectivity index (χ3n) is 9.85. The Morgan fingerprint density at radius 1 is 1.02 bits per heavy atom. The summed E-state index contributed by atoms with van der Waals surface area (Å²) in [4.78, 5) is 37.2. The van der Waals surface area contributed by atoms with Gasteiger partial charge in [-0.1, -0.05) is 13.0 Å². The number of ether oxygens (including phenoxy) is 5. The van der Waals surface area contributed by atoms with Crippen LogP contribution in [0.2, 0.25) is 0 Å². The third kappa shape index (κ3) is 12.5. The zero-order chi connectivity index (χ0) is 42.1. The van der Waals surface area contributed by atoms with Crippen LogP contribution in [0.25, 0.3) is 22.3 Å². The van der Waals surface area contributed by atoms with Gasteiger partial charge in [-0.15, -0.1) is 0 Å². The molecule has 60 heavy (non-hydrogen) atoms. The molecule has 2 aromatic carbocycles. The van der Waals surface area contributed by atoms with Gasteiger partial charge < -0.3 is 45.1 Å². The summed E-state index contributed by atoms with van der Waals surface area (Å²) in [6, 6.07) is 11.7. The van der Waals surface area contributed by atoms with Crippen molar-refractivity contribution in [2.45, 2.75) is 25.9 Å². The van der Waals surface area contributed by atoms with Crippen molar-refractivity contribution in [2.75, 3.05) is 70.9 Å². The number of aliphatic imine (C=N–C) groups is 1. The fraction of sp³-hybridized carbons (Fsp3) is 0.366. The van der Waals surface area contributed by atoms with Crippen LogP contribution in [0.5, 0.6) is 11.5 Å². The number of allylic oxidation sites excluding steroid dienone is 2. The molecule has 0 bridgehead atoms. The lowest BCUT2D eigenvalue weighted by atomic mass is 9.96. The highest BCUT2D eigenvalue weighted by atomic mass is 32.3. The highest BCUT2D eigenvalue weighted by Crippen LogP contribution is 2.37. The number of nitrogens with zero attached hydrogens (tertiary/aromatic N) is 3. The molecule has 7 rings (SSSR count). The maximum atomic E-state index is 15.9. The van der Waals surface area contributed by atoms with Crippen LogP contribution in [0, 0.1) is 17.7 Å². The Morgan fingerprint density at radius 2 is 1.78 bits per heavy atom. The van der Waals surface area contributed by atoms with Gasteiger partial charge in [-0.25, -0.2) is 9.37 Å². The number of hydrogen-bond donors (Lipinski definition) is 4. The van der Waals surface area contributed by atoms with Gasteiger partial charge in [-0.2, -0.15) is 8.42 Å². The summed E-state index contributed by atoms with van der Waals surface area (Å²) >= 11 is 0. The van der Waals surface area contributed by atoms with E-state index in [1.807, 2.05) is 18.3 Å². The van der Waals surface area contributed by atoms with Gasteiger partial charge in [-0.05, 0) is 66.8 Å². The molecule has 1 unspecified atom stereocenters. The number of pyridine rings is 1. The van der Waals surface area contributed by atoms with Crippen molar-refractivity contribution in [1.29, 1.82) is 0 Å². The second-order valence-electron chi connectivity index (χ2n) is 14.2. The minimum Gasteiger partial charge on any atom is -0.493 e. The van der Waals surface area contributed by atoms with Crippen molar-refractivity contribution in [1.82, 2.24) is 9.88 Å². The summed E-state index contributed by atoms with van der Waals surface area (Å²) < 4.78 is 75.7. The van der Waals surface area contributed by atoms with E-state index in [1.165, 1.54) is 12.1 Å². The Morgan fingerprint density at radius 3 is 2.47 bits per heavy atom. The van der Waals surface area contributed by atoms with E-state index in [-0.39, 0.29) is 46.3 Å². The van der Waals surface area contributed by atoms with E-state index in [1.54, 1.807) is 56.8 Å². The van der Waals surface area contributed by atoms with Gasteiger partial charge in [0.15, 0.2) is 17.3 Å². The zero-order valence-corrected chi connectivity index (χ0v) is 33.8. The van der Waals surface area contributed by atoms with Crippen LogP contribution in [-0.4, -0.2) is 117 Å². The van der Waals surface area contributed by atoms with Gasteiger partial charge in [0.05, 0.1) is 38.5 Å². The molecule has 2 atom stereocenters. The monoisotopic (exact) mass is 853 g/mol. The third-order valence-corrected chi connectivity index (χ3v) is 9.85. The standard InChI is InChI=1S/C41H44FN5O7.H2O4S.H2O/c1-25-18-44-36(17-37(25)48)29-13-30(22-47(21-29)20-26-7-9-51-10-8-26)41(49)46-31-4-5-33(35(42)16-31)34-14-28(19-45-40(34)43)27-3-6-38(39(15-27)50-2)54-24-32-23-52-11-12-53-32;1-5(2,3)4;/h3-6,13-19,21,25-26,32H,7-12,20,22-24H2,1-2H3,(H2,43,45)(H,46,49);(H2,1,2,3,4);1H2/t25?,32-;;/m1../s1. The van der Waals surface area contributed by atoms with E-state index in [0.717, 1.165) is 24.9 Å². The average molecular weight is 854 g/mol. The number of methoxy groups -OCH3 is 1. The molecule has 1 amide bonds. The molecule has 17 nitrogen and oxygen atoms in total. The molecule has 1 aromatic heterocycles. The molecule has 2 saturated heterocycles. The van der Waals surface area contributed by atoms with Crippen LogP contribution < -0.4 is 20.5 Å². The molecule has 2 fully saturated rings. The minimum absolute atomic E-state index is 0. The molecular formula is C41H48FN5O12S. The van der Waals surface area contributed by atoms with E-state index in [9.17, 15) is 9.59 Å².